The number of hydrogen-bond acceptors (Lipinski definition) is 3. The van der Waals surface area contributed by atoms with Crippen molar-refractivity contribution in [3.8, 4) is 5.75 Å². The summed E-state index contributed by atoms with van der Waals surface area (Å²) < 4.78 is 5.58. The molecule has 0 fully saturated rings. The summed E-state index contributed by atoms with van der Waals surface area (Å²) in [5.74, 6) is 0.951. The molecule has 0 saturated heterocycles. The van der Waals surface area contributed by atoms with Gasteiger partial charge < -0.3 is 15.8 Å². The third kappa shape index (κ3) is 4.50. The average molecular weight is 333 g/mol. The smallest absolute Gasteiger partial charge is 0.237 e. The van der Waals surface area contributed by atoms with E-state index >= 15 is 0 Å². The zero-order chi connectivity index (χ0) is 14.7. The van der Waals surface area contributed by atoms with Gasteiger partial charge in [0.25, 0.3) is 0 Å². The van der Waals surface area contributed by atoms with Crippen LogP contribution in [0.5, 0.6) is 5.75 Å². The maximum absolute atomic E-state index is 12.1. The summed E-state index contributed by atoms with van der Waals surface area (Å²) in [6, 6.07) is 5.03. The fraction of sp³-hybridized carbons (Fsp3) is 0.533. The Kier molecular flexibility index (Phi) is 6.78. The molecule has 0 spiro atoms. The highest BCUT2D eigenvalue weighted by Gasteiger charge is 2.26. The second-order valence-corrected chi connectivity index (χ2v) is 6.00. The van der Waals surface area contributed by atoms with Gasteiger partial charge in [-0.05, 0) is 18.4 Å². The Morgan fingerprint density at radius 2 is 2.24 bits per heavy atom. The van der Waals surface area contributed by atoms with Crippen LogP contribution in [-0.4, -0.2) is 18.6 Å². The molecule has 1 aromatic carbocycles. The molecule has 1 aliphatic heterocycles. The first-order valence-electron chi connectivity index (χ1n) is 6.96. The lowest BCUT2D eigenvalue weighted by molar-refractivity contribution is -0.123. The number of rotatable bonds is 4. The van der Waals surface area contributed by atoms with Gasteiger partial charge in [-0.2, -0.15) is 0 Å². The van der Waals surface area contributed by atoms with Gasteiger partial charge in [0.2, 0.25) is 5.91 Å². The zero-order valence-electron chi connectivity index (χ0n) is 12.3. The van der Waals surface area contributed by atoms with Gasteiger partial charge in [0, 0.05) is 12.0 Å². The molecule has 6 heteroatoms. The minimum atomic E-state index is -0.472. The second-order valence-electron chi connectivity index (χ2n) is 5.59. The molecule has 0 radical (unpaired) electrons. The maximum Gasteiger partial charge on any atom is 0.237 e. The summed E-state index contributed by atoms with van der Waals surface area (Å²) in [5, 5.41) is 3.58. The highest BCUT2D eigenvalue weighted by atomic mass is 35.5. The first-order valence-corrected chi connectivity index (χ1v) is 7.34. The molecule has 0 aliphatic carbocycles. The minimum Gasteiger partial charge on any atom is -0.492 e. The van der Waals surface area contributed by atoms with E-state index in [4.69, 9.17) is 22.1 Å². The topological polar surface area (TPSA) is 64.4 Å². The van der Waals surface area contributed by atoms with Crippen LogP contribution in [0.25, 0.3) is 0 Å². The molecule has 1 aromatic rings. The number of benzene rings is 1. The first-order chi connectivity index (χ1) is 9.49. The molecule has 4 nitrogen and oxygen atoms in total. The third-order valence-corrected chi connectivity index (χ3v) is 3.70. The van der Waals surface area contributed by atoms with E-state index in [1.165, 1.54) is 0 Å². The Balaban J connectivity index is 0.00000220. The molecule has 2 atom stereocenters. The average Bonchev–Trinajstić information content (AvgIpc) is 2.39. The Morgan fingerprint density at radius 1 is 1.52 bits per heavy atom. The van der Waals surface area contributed by atoms with E-state index in [1.807, 2.05) is 12.1 Å². The van der Waals surface area contributed by atoms with Crippen molar-refractivity contribution >= 4 is 29.9 Å². The van der Waals surface area contributed by atoms with Gasteiger partial charge in [0.1, 0.15) is 5.75 Å². The number of nitrogens with one attached hydrogen (secondary N) is 1. The van der Waals surface area contributed by atoms with Crippen molar-refractivity contribution in [1.82, 2.24) is 5.32 Å². The molecule has 0 aromatic heterocycles. The van der Waals surface area contributed by atoms with Crippen molar-refractivity contribution in [2.24, 2.45) is 11.7 Å². The quantitative estimate of drug-likeness (QED) is 0.890. The number of halogens is 2. The largest absolute Gasteiger partial charge is 0.492 e. The third-order valence-electron chi connectivity index (χ3n) is 3.40. The number of fused-ring (bicyclic) bond motifs is 1. The van der Waals surface area contributed by atoms with Crippen molar-refractivity contribution in [3.63, 3.8) is 0 Å². The number of carbonyl (C=O) groups is 1. The van der Waals surface area contributed by atoms with Crippen molar-refractivity contribution in [2.45, 2.75) is 38.8 Å². The van der Waals surface area contributed by atoms with Crippen LogP contribution >= 0.6 is 24.0 Å². The van der Waals surface area contributed by atoms with Gasteiger partial charge in [0.15, 0.2) is 0 Å². The number of amides is 1. The molecule has 3 N–H and O–H groups in total. The van der Waals surface area contributed by atoms with E-state index < -0.39 is 6.04 Å². The van der Waals surface area contributed by atoms with Gasteiger partial charge in [-0.15, -0.1) is 12.4 Å². The number of nitrogens with two attached hydrogens (primary N) is 1. The van der Waals surface area contributed by atoms with E-state index in [1.54, 1.807) is 6.07 Å². The summed E-state index contributed by atoms with van der Waals surface area (Å²) in [7, 11) is 0. The molecule has 1 amide bonds. The van der Waals surface area contributed by atoms with E-state index in [2.05, 4.69) is 19.2 Å². The molecule has 1 unspecified atom stereocenters. The highest BCUT2D eigenvalue weighted by Crippen LogP contribution is 2.37. The molecular weight excluding hydrogens is 311 g/mol. The Bertz CT molecular complexity index is 495. The number of hydrogen-bond donors (Lipinski definition) is 2. The minimum absolute atomic E-state index is 0. The van der Waals surface area contributed by atoms with Gasteiger partial charge in [-0.3, -0.25) is 4.79 Å². The SMILES string of the molecule is CC(C)C[C@H](N)C(=O)NC1CCOc2c(Cl)cccc21.Cl. The molecule has 0 bridgehead atoms. The van der Waals surface area contributed by atoms with Crippen molar-refractivity contribution < 1.29 is 9.53 Å². The number of ether oxygens (including phenoxy) is 1. The fourth-order valence-electron chi connectivity index (χ4n) is 2.43. The molecule has 1 heterocycles. The molecular formula is C15H22Cl2N2O2. The Morgan fingerprint density at radius 3 is 2.90 bits per heavy atom. The summed E-state index contributed by atoms with van der Waals surface area (Å²) in [4.78, 5) is 12.1. The monoisotopic (exact) mass is 332 g/mol. The summed E-state index contributed by atoms with van der Waals surface area (Å²) in [5.41, 5.74) is 6.84. The first kappa shape index (κ1) is 18.1. The van der Waals surface area contributed by atoms with Gasteiger partial charge >= 0.3 is 0 Å². The molecule has 118 valence electrons. The predicted molar refractivity (Wildman–Crippen MR) is 87.1 cm³/mol. The van der Waals surface area contributed by atoms with Gasteiger partial charge in [-0.25, -0.2) is 0 Å². The second kappa shape index (κ2) is 7.87. The van der Waals surface area contributed by atoms with Crippen LogP contribution in [-0.2, 0) is 4.79 Å². The molecule has 0 saturated carbocycles. The Labute approximate surface area is 136 Å². The Hall–Kier alpha value is -0.970. The normalized spacial score (nSPS) is 18.2. The molecule has 21 heavy (non-hydrogen) atoms. The van der Waals surface area contributed by atoms with Crippen molar-refractivity contribution in [3.05, 3.63) is 28.8 Å². The maximum atomic E-state index is 12.1. The van der Waals surface area contributed by atoms with E-state index in [0.29, 0.717) is 29.7 Å². The number of para-hydroxylation sites is 1. The van der Waals surface area contributed by atoms with Crippen molar-refractivity contribution in [1.29, 1.82) is 0 Å². The lowest BCUT2D eigenvalue weighted by atomic mass is 9.99. The molecule has 1 aliphatic rings. The predicted octanol–water partition coefficient (Wildman–Crippen LogP) is 3.08. The van der Waals surface area contributed by atoms with E-state index in [0.717, 1.165) is 12.0 Å². The van der Waals surface area contributed by atoms with Gasteiger partial charge in [-0.1, -0.05) is 37.6 Å². The summed E-state index contributed by atoms with van der Waals surface area (Å²) in [6.07, 6.45) is 1.41. The number of carbonyl (C=O) groups excluding carboxylic acids is 1. The van der Waals surface area contributed by atoms with E-state index in [-0.39, 0.29) is 24.4 Å². The lowest BCUT2D eigenvalue weighted by Crippen LogP contribution is -2.43. The van der Waals surface area contributed by atoms with Crippen LogP contribution in [0.3, 0.4) is 0 Å². The van der Waals surface area contributed by atoms with E-state index in [9.17, 15) is 4.79 Å². The van der Waals surface area contributed by atoms with Crippen molar-refractivity contribution in [2.75, 3.05) is 6.61 Å². The summed E-state index contributed by atoms with van der Waals surface area (Å²) in [6.45, 7) is 4.65. The van der Waals surface area contributed by atoms with Crippen LogP contribution in [0.4, 0.5) is 0 Å². The summed E-state index contributed by atoms with van der Waals surface area (Å²) >= 11 is 6.11. The zero-order valence-corrected chi connectivity index (χ0v) is 13.8. The highest BCUT2D eigenvalue weighted by molar-refractivity contribution is 6.32. The van der Waals surface area contributed by atoms with Crippen LogP contribution in [0.15, 0.2) is 18.2 Å². The fourth-order valence-corrected chi connectivity index (χ4v) is 2.67. The lowest BCUT2D eigenvalue weighted by Gasteiger charge is -2.28. The van der Waals surface area contributed by atoms with Crippen LogP contribution in [0, 0.1) is 5.92 Å². The van der Waals surface area contributed by atoms with Crippen LogP contribution < -0.4 is 15.8 Å². The standard InChI is InChI=1S/C15H21ClN2O2.ClH/c1-9(2)8-12(17)15(19)18-13-6-7-20-14-10(13)4-3-5-11(14)16;/h3-5,9,12-13H,6-8,17H2,1-2H3,(H,18,19);1H/t12-,13?;/m0./s1. The van der Waals surface area contributed by atoms with Crippen LogP contribution in [0.1, 0.15) is 38.3 Å². The van der Waals surface area contributed by atoms with Gasteiger partial charge in [0.05, 0.1) is 23.7 Å². The molecule has 2 rings (SSSR count). The van der Waals surface area contributed by atoms with Crippen LogP contribution in [0.2, 0.25) is 5.02 Å².